The average molecular weight is 442 g/mol. The van der Waals surface area contributed by atoms with Crippen LogP contribution in [0.25, 0.3) is 0 Å². The molecule has 2 aromatic rings. The molecule has 1 fully saturated rings. The maximum atomic E-state index is 12.7. The SMILES string of the molecule is O=C(COc1ccc(Cl)cc1)N1CCCN(C(=O)c2ccc(Cl)c(Cl)c2)CC1. The van der Waals surface area contributed by atoms with Crippen LogP contribution in [0.1, 0.15) is 16.8 Å². The monoisotopic (exact) mass is 440 g/mol. The summed E-state index contributed by atoms with van der Waals surface area (Å²) in [6, 6.07) is 11.7. The second-order valence-electron chi connectivity index (χ2n) is 6.40. The number of ether oxygens (including phenoxy) is 1. The number of halogens is 3. The van der Waals surface area contributed by atoms with E-state index in [-0.39, 0.29) is 18.4 Å². The third-order valence-electron chi connectivity index (χ3n) is 4.48. The van der Waals surface area contributed by atoms with Gasteiger partial charge in [-0.05, 0) is 48.9 Å². The summed E-state index contributed by atoms with van der Waals surface area (Å²) in [5.74, 6) is 0.355. The Morgan fingerprint density at radius 3 is 2.25 bits per heavy atom. The van der Waals surface area contributed by atoms with Gasteiger partial charge in [0, 0.05) is 36.8 Å². The summed E-state index contributed by atoms with van der Waals surface area (Å²) in [5, 5.41) is 1.36. The molecule has 0 aromatic heterocycles. The van der Waals surface area contributed by atoms with Crippen molar-refractivity contribution in [2.75, 3.05) is 32.8 Å². The quantitative estimate of drug-likeness (QED) is 0.706. The highest BCUT2D eigenvalue weighted by atomic mass is 35.5. The number of hydrogen-bond donors (Lipinski definition) is 0. The minimum absolute atomic E-state index is 0.0532. The lowest BCUT2D eigenvalue weighted by Crippen LogP contribution is -2.39. The molecular formula is C20H19Cl3N2O3. The van der Waals surface area contributed by atoms with Gasteiger partial charge in [-0.25, -0.2) is 0 Å². The molecule has 0 N–H and O–H groups in total. The van der Waals surface area contributed by atoms with Crippen molar-refractivity contribution >= 4 is 46.6 Å². The normalized spacial score (nSPS) is 14.5. The first kappa shape index (κ1) is 20.8. The number of rotatable bonds is 4. The summed E-state index contributed by atoms with van der Waals surface area (Å²) < 4.78 is 5.53. The smallest absolute Gasteiger partial charge is 0.260 e. The van der Waals surface area contributed by atoms with Crippen LogP contribution in [0.5, 0.6) is 5.75 Å². The zero-order chi connectivity index (χ0) is 20.1. The Morgan fingerprint density at radius 2 is 1.54 bits per heavy atom. The van der Waals surface area contributed by atoms with E-state index in [4.69, 9.17) is 39.5 Å². The Bertz CT molecular complexity index is 858. The van der Waals surface area contributed by atoms with Gasteiger partial charge in [-0.1, -0.05) is 34.8 Å². The van der Waals surface area contributed by atoms with Crippen LogP contribution in [0.2, 0.25) is 15.1 Å². The van der Waals surface area contributed by atoms with Crippen LogP contribution in [0.15, 0.2) is 42.5 Å². The standard InChI is InChI=1S/C20H19Cl3N2O3/c21-15-3-5-16(6-4-15)28-13-19(26)24-8-1-9-25(11-10-24)20(27)14-2-7-17(22)18(23)12-14/h2-7,12H,1,8-11,13H2. The van der Waals surface area contributed by atoms with E-state index >= 15 is 0 Å². The van der Waals surface area contributed by atoms with E-state index in [0.717, 1.165) is 0 Å². The van der Waals surface area contributed by atoms with Crippen molar-refractivity contribution in [3.63, 3.8) is 0 Å². The molecule has 1 aliphatic heterocycles. The molecule has 148 valence electrons. The van der Waals surface area contributed by atoms with Crippen molar-refractivity contribution in [1.29, 1.82) is 0 Å². The largest absolute Gasteiger partial charge is 0.484 e. The molecule has 1 aliphatic rings. The van der Waals surface area contributed by atoms with E-state index in [9.17, 15) is 9.59 Å². The van der Waals surface area contributed by atoms with Crippen LogP contribution in [0, 0.1) is 0 Å². The highest BCUT2D eigenvalue weighted by molar-refractivity contribution is 6.42. The topological polar surface area (TPSA) is 49.9 Å². The third-order valence-corrected chi connectivity index (χ3v) is 5.47. The molecule has 0 saturated carbocycles. The van der Waals surface area contributed by atoms with E-state index in [2.05, 4.69) is 0 Å². The Morgan fingerprint density at radius 1 is 0.857 bits per heavy atom. The van der Waals surface area contributed by atoms with Crippen LogP contribution in [0.4, 0.5) is 0 Å². The molecule has 5 nitrogen and oxygen atoms in total. The Hall–Kier alpha value is -1.95. The van der Waals surface area contributed by atoms with Crippen molar-refractivity contribution in [2.45, 2.75) is 6.42 Å². The minimum Gasteiger partial charge on any atom is -0.484 e. The van der Waals surface area contributed by atoms with Gasteiger partial charge in [0.2, 0.25) is 0 Å². The van der Waals surface area contributed by atoms with Gasteiger partial charge in [-0.2, -0.15) is 0 Å². The molecule has 8 heteroatoms. The minimum atomic E-state index is -0.120. The van der Waals surface area contributed by atoms with Crippen LogP contribution in [-0.4, -0.2) is 54.4 Å². The first-order chi connectivity index (χ1) is 13.4. The summed E-state index contributed by atoms with van der Waals surface area (Å²) in [6.45, 7) is 2.00. The number of benzene rings is 2. The zero-order valence-corrected chi connectivity index (χ0v) is 17.3. The van der Waals surface area contributed by atoms with Crippen molar-refractivity contribution in [1.82, 2.24) is 9.80 Å². The van der Waals surface area contributed by atoms with Crippen LogP contribution < -0.4 is 4.74 Å². The predicted molar refractivity (Wildman–Crippen MR) is 111 cm³/mol. The highest BCUT2D eigenvalue weighted by Crippen LogP contribution is 2.23. The van der Waals surface area contributed by atoms with Gasteiger partial charge in [0.15, 0.2) is 6.61 Å². The summed E-state index contributed by atoms with van der Waals surface area (Å²) in [6.07, 6.45) is 0.694. The van der Waals surface area contributed by atoms with Crippen LogP contribution >= 0.6 is 34.8 Å². The van der Waals surface area contributed by atoms with E-state index in [1.165, 1.54) is 0 Å². The van der Waals surface area contributed by atoms with Gasteiger partial charge >= 0.3 is 0 Å². The molecule has 1 heterocycles. The molecule has 0 unspecified atom stereocenters. The van der Waals surface area contributed by atoms with Gasteiger partial charge in [-0.3, -0.25) is 9.59 Å². The van der Waals surface area contributed by atoms with E-state index in [0.29, 0.717) is 59.0 Å². The Balaban J connectivity index is 1.54. The van der Waals surface area contributed by atoms with Crippen LogP contribution in [0.3, 0.4) is 0 Å². The number of carbonyl (C=O) groups excluding carboxylic acids is 2. The average Bonchev–Trinajstić information content (AvgIpc) is 2.95. The molecule has 0 aliphatic carbocycles. The lowest BCUT2D eigenvalue weighted by atomic mass is 10.2. The Labute approximate surface area is 178 Å². The highest BCUT2D eigenvalue weighted by Gasteiger charge is 2.23. The molecule has 2 aromatic carbocycles. The summed E-state index contributed by atoms with van der Waals surface area (Å²) >= 11 is 17.8. The van der Waals surface area contributed by atoms with Gasteiger partial charge in [0.25, 0.3) is 11.8 Å². The summed E-state index contributed by atoms with van der Waals surface area (Å²) in [4.78, 5) is 28.6. The van der Waals surface area contributed by atoms with E-state index < -0.39 is 0 Å². The number of amides is 2. The Kier molecular flexibility index (Phi) is 7.05. The van der Waals surface area contributed by atoms with E-state index in [1.54, 1.807) is 52.3 Å². The van der Waals surface area contributed by atoms with Crippen LogP contribution in [-0.2, 0) is 4.79 Å². The molecule has 0 radical (unpaired) electrons. The molecule has 0 atom stereocenters. The second-order valence-corrected chi connectivity index (χ2v) is 7.65. The maximum absolute atomic E-state index is 12.7. The van der Waals surface area contributed by atoms with E-state index in [1.807, 2.05) is 0 Å². The third kappa shape index (κ3) is 5.31. The fourth-order valence-electron chi connectivity index (χ4n) is 2.95. The molecule has 3 rings (SSSR count). The maximum Gasteiger partial charge on any atom is 0.260 e. The number of hydrogen-bond acceptors (Lipinski definition) is 3. The molecular weight excluding hydrogens is 423 g/mol. The fraction of sp³-hybridized carbons (Fsp3) is 0.300. The van der Waals surface area contributed by atoms with Gasteiger partial charge in [0.1, 0.15) is 5.75 Å². The molecule has 1 saturated heterocycles. The fourth-order valence-corrected chi connectivity index (χ4v) is 3.37. The first-order valence-corrected chi connectivity index (χ1v) is 9.98. The first-order valence-electron chi connectivity index (χ1n) is 8.84. The van der Waals surface area contributed by atoms with Crippen molar-refractivity contribution < 1.29 is 14.3 Å². The molecule has 28 heavy (non-hydrogen) atoms. The molecule has 0 spiro atoms. The van der Waals surface area contributed by atoms with Gasteiger partial charge in [-0.15, -0.1) is 0 Å². The van der Waals surface area contributed by atoms with Gasteiger partial charge in [0.05, 0.1) is 10.0 Å². The molecule has 0 bridgehead atoms. The van der Waals surface area contributed by atoms with Crippen molar-refractivity contribution in [2.24, 2.45) is 0 Å². The zero-order valence-electron chi connectivity index (χ0n) is 15.0. The van der Waals surface area contributed by atoms with Gasteiger partial charge < -0.3 is 14.5 Å². The summed E-state index contributed by atoms with van der Waals surface area (Å²) in [5.41, 5.74) is 0.486. The second kappa shape index (κ2) is 9.50. The number of nitrogens with zero attached hydrogens (tertiary/aromatic N) is 2. The number of carbonyl (C=O) groups is 2. The summed E-state index contributed by atoms with van der Waals surface area (Å²) in [7, 11) is 0. The predicted octanol–water partition coefficient (Wildman–Crippen LogP) is 4.40. The lowest BCUT2D eigenvalue weighted by Gasteiger charge is -2.22. The van der Waals surface area contributed by atoms with Crippen molar-refractivity contribution in [3.05, 3.63) is 63.1 Å². The van der Waals surface area contributed by atoms with Crippen molar-refractivity contribution in [3.8, 4) is 5.75 Å². The lowest BCUT2D eigenvalue weighted by molar-refractivity contribution is -0.133. The molecule has 2 amide bonds.